The molecule has 0 amide bonds. The molecule has 2 atom stereocenters. The predicted molar refractivity (Wildman–Crippen MR) is 85.3 cm³/mol. The van der Waals surface area contributed by atoms with E-state index in [4.69, 9.17) is 4.74 Å². The molecule has 0 spiro atoms. The van der Waals surface area contributed by atoms with Crippen molar-refractivity contribution in [2.75, 3.05) is 19.7 Å². The summed E-state index contributed by atoms with van der Waals surface area (Å²) in [5.74, 6) is 2.22. The van der Waals surface area contributed by atoms with E-state index in [1.165, 1.54) is 5.56 Å². The molecule has 1 aromatic carbocycles. The Morgan fingerprint density at radius 2 is 2.20 bits per heavy atom. The van der Waals surface area contributed by atoms with Crippen LogP contribution in [0.3, 0.4) is 0 Å². The molecule has 1 N–H and O–H groups in total. The SMILES string of the molecule is C=CC(C)(CNCC(C)C)CC1COc2ccccc21. The highest BCUT2D eigenvalue weighted by molar-refractivity contribution is 5.39. The molecule has 0 aromatic heterocycles. The maximum atomic E-state index is 5.79. The quantitative estimate of drug-likeness (QED) is 0.758. The Morgan fingerprint density at radius 1 is 1.45 bits per heavy atom. The third kappa shape index (κ3) is 3.63. The lowest BCUT2D eigenvalue weighted by molar-refractivity contribution is 0.274. The summed E-state index contributed by atoms with van der Waals surface area (Å²) in [7, 11) is 0. The van der Waals surface area contributed by atoms with Crippen molar-refractivity contribution >= 4 is 0 Å². The van der Waals surface area contributed by atoms with Crippen LogP contribution in [0.4, 0.5) is 0 Å². The second kappa shape index (κ2) is 6.45. The molecule has 0 saturated heterocycles. The minimum Gasteiger partial charge on any atom is -0.493 e. The monoisotopic (exact) mass is 273 g/mol. The van der Waals surface area contributed by atoms with E-state index in [0.29, 0.717) is 11.8 Å². The second-order valence-corrected chi connectivity index (χ2v) is 6.63. The molecule has 20 heavy (non-hydrogen) atoms. The fourth-order valence-electron chi connectivity index (χ4n) is 2.84. The number of hydrogen-bond donors (Lipinski definition) is 1. The third-order valence-corrected chi connectivity index (χ3v) is 4.09. The van der Waals surface area contributed by atoms with E-state index in [1.54, 1.807) is 0 Å². The fraction of sp³-hybridized carbons (Fsp3) is 0.556. The molecule has 0 bridgehead atoms. The van der Waals surface area contributed by atoms with E-state index in [-0.39, 0.29) is 5.41 Å². The van der Waals surface area contributed by atoms with Gasteiger partial charge in [0.05, 0.1) is 6.61 Å². The van der Waals surface area contributed by atoms with Crippen LogP contribution in [0.2, 0.25) is 0 Å². The van der Waals surface area contributed by atoms with E-state index in [2.05, 4.69) is 56.9 Å². The van der Waals surface area contributed by atoms with Gasteiger partial charge in [0.25, 0.3) is 0 Å². The number of nitrogens with one attached hydrogen (secondary N) is 1. The Hall–Kier alpha value is -1.28. The Kier molecular flexibility index (Phi) is 4.87. The lowest BCUT2D eigenvalue weighted by Gasteiger charge is -2.29. The zero-order valence-electron chi connectivity index (χ0n) is 13.0. The molecule has 2 unspecified atom stereocenters. The molecule has 1 aliphatic rings. The summed E-state index contributed by atoms with van der Waals surface area (Å²) in [5.41, 5.74) is 1.46. The summed E-state index contributed by atoms with van der Waals surface area (Å²) in [5, 5.41) is 3.56. The van der Waals surface area contributed by atoms with Gasteiger partial charge in [-0.1, -0.05) is 45.0 Å². The molecule has 2 nitrogen and oxygen atoms in total. The average molecular weight is 273 g/mol. The summed E-state index contributed by atoms with van der Waals surface area (Å²) in [4.78, 5) is 0. The Bertz CT molecular complexity index is 454. The molecule has 2 heteroatoms. The molecule has 110 valence electrons. The fourth-order valence-corrected chi connectivity index (χ4v) is 2.84. The highest BCUT2D eigenvalue weighted by Crippen LogP contribution is 2.40. The van der Waals surface area contributed by atoms with E-state index in [9.17, 15) is 0 Å². The van der Waals surface area contributed by atoms with E-state index in [0.717, 1.165) is 31.9 Å². The van der Waals surface area contributed by atoms with Gasteiger partial charge in [0.2, 0.25) is 0 Å². The lowest BCUT2D eigenvalue weighted by atomic mass is 9.79. The van der Waals surface area contributed by atoms with Crippen LogP contribution in [0.1, 0.15) is 38.7 Å². The maximum Gasteiger partial charge on any atom is 0.122 e. The maximum absolute atomic E-state index is 5.79. The van der Waals surface area contributed by atoms with Gasteiger partial charge in [-0.25, -0.2) is 0 Å². The molecule has 1 aromatic rings. The summed E-state index contributed by atoms with van der Waals surface area (Å²) in [6.07, 6.45) is 3.18. The lowest BCUT2D eigenvalue weighted by Crippen LogP contribution is -2.33. The number of para-hydroxylation sites is 1. The van der Waals surface area contributed by atoms with Crippen molar-refractivity contribution in [2.24, 2.45) is 11.3 Å². The van der Waals surface area contributed by atoms with Crippen molar-refractivity contribution in [3.63, 3.8) is 0 Å². The van der Waals surface area contributed by atoms with Gasteiger partial charge in [0.15, 0.2) is 0 Å². The van der Waals surface area contributed by atoms with Crippen molar-refractivity contribution in [3.05, 3.63) is 42.5 Å². The summed E-state index contributed by atoms with van der Waals surface area (Å²) >= 11 is 0. The predicted octanol–water partition coefficient (Wildman–Crippen LogP) is 3.99. The number of fused-ring (bicyclic) bond motifs is 1. The van der Waals surface area contributed by atoms with Crippen LogP contribution >= 0.6 is 0 Å². The molecule has 0 saturated carbocycles. The van der Waals surface area contributed by atoms with Crippen molar-refractivity contribution < 1.29 is 4.74 Å². The van der Waals surface area contributed by atoms with Gasteiger partial charge in [0.1, 0.15) is 5.75 Å². The van der Waals surface area contributed by atoms with Crippen LogP contribution in [0.15, 0.2) is 36.9 Å². The first kappa shape index (κ1) is 15.1. The molecule has 2 rings (SSSR count). The Morgan fingerprint density at radius 3 is 2.90 bits per heavy atom. The van der Waals surface area contributed by atoms with E-state index < -0.39 is 0 Å². The smallest absolute Gasteiger partial charge is 0.122 e. The molecule has 1 aliphatic heterocycles. The van der Waals surface area contributed by atoms with Crippen LogP contribution in [0.25, 0.3) is 0 Å². The van der Waals surface area contributed by atoms with Crippen molar-refractivity contribution in [1.82, 2.24) is 5.32 Å². The number of ether oxygens (including phenoxy) is 1. The van der Waals surface area contributed by atoms with Crippen molar-refractivity contribution in [1.29, 1.82) is 0 Å². The van der Waals surface area contributed by atoms with Gasteiger partial charge in [-0.2, -0.15) is 0 Å². The van der Waals surface area contributed by atoms with E-state index >= 15 is 0 Å². The first-order chi connectivity index (χ1) is 9.54. The van der Waals surface area contributed by atoms with Gasteiger partial charge in [-0.15, -0.1) is 6.58 Å². The number of benzene rings is 1. The van der Waals surface area contributed by atoms with Gasteiger partial charge < -0.3 is 10.1 Å². The Labute approximate surface area is 123 Å². The van der Waals surface area contributed by atoms with E-state index in [1.807, 2.05) is 6.07 Å². The summed E-state index contributed by atoms with van der Waals surface area (Å²) < 4.78 is 5.79. The average Bonchev–Trinajstić information content (AvgIpc) is 2.82. The number of rotatable bonds is 7. The first-order valence-corrected chi connectivity index (χ1v) is 7.60. The topological polar surface area (TPSA) is 21.3 Å². The molecule has 0 fully saturated rings. The first-order valence-electron chi connectivity index (χ1n) is 7.60. The van der Waals surface area contributed by atoms with Crippen LogP contribution in [-0.2, 0) is 0 Å². The van der Waals surface area contributed by atoms with Gasteiger partial charge in [0, 0.05) is 18.0 Å². The third-order valence-electron chi connectivity index (χ3n) is 4.09. The van der Waals surface area contributed by atoms with Gasteiger partial charge >= 0.3 is 0 Å². The van der Waals surface area contributed by atoms with Gasteiger partial charge in [-0.3, -0.25) is 0 Å². The molecular weight excluding hydrogens is 246 g/mol. The van der Waals surface area contributed by atoms with Crippen LogP contribution in [0, 0.1) is 11.3 Å². The minimum absolute atomic E-state index is 0.111. The molecule has 0 aliphatic carbocycles. The normalized spacial score (nSPS) is 20.3. The molecular formula is C18H27NO. The highest BCUT2D eigenvalue weighted by Gasteiger charge is 2.31. The summed E-state index contributed by atoms with van der Waals surface area (Å²) in [6, 6.07) is 8.40. The zero-order valence-corrected chi connectivity index (χ0v) is 13.0. The minimum atomic E-state index is 0.111. The number of hydrogen-bond acceptors (Lipinski definition) is 2. The highest BCUT2D eigenvalue weighted by atomic mass is 16.5. The van der Waals surface area contributed by atoms with Crippen molar-refractivity contribution in [3.8, 4) is 5.75 Å². The molecule has 1 heterocycles. The van der Waals surface area contributed by atoms with Crippen LogP contribution in [0.5, 0.6) is 5.75 Å². The van der Waals surface area contributed by atoms with Crippen LogP contribution in [-0.4, -0.2) is 19.7 Å². The van der Waals surface area contributed by atoms with Crippen LogP contribution < -0.4 is 10.1 Å². The van der Waals surface area contributed by atoms with Gasteiger partial charge in [-0.05, 0) is 30.4 Å². The standard InChI is InChI=1S/C18H27NO/c1-5-18(4,13-19-11-14(2)3)10-15-12-20-17-9-7-6-8-16(15)17/h5-9,14-15,19H,1,10-13H2,2-4H3. The Balaban J connectivity index is 1.98. The second-order valence-electron chi connectivity index (χ2n) is 6.63. The molecule has 0 radical (unpaired) electrons. The zero-order chi connectivity index (χ0) is 14.6. The van der Waals surface area contributed by atoms with Crippen molar-refractivity contribution in [2.45, 2.75) is 33.1 Å². The summed E-state index contributed by atoms with van der Waals surface area (Å²) in [6.45, 7) is 13.6. The largest absolute Gasteiger partial charge is 0.493 e.